The number of aryl methyl sites for hydroxylation is 1. The Morgan fingerprint density at radius 3 is 2.37 bits per heavy atom. The SMILES string of the molecule is Cc1ccc(C(=O)NNC(=O)c2cn(Cc3ccccc3)nc2-c2cccs2)cc1. The van der Waals surface area contributed by atoms with Crippen LogP contribution in [0.4, 0.5) is 0 Å². The summed E-state index contributed by atoms with van der Waals surface area (Å²) in [5.41, 5.74) is 8.58. The molecule has 0 radical (unpaired) electrons. The number of thiophene rings is 1. The Morgan fingerprint density at radius 2 is 1.67 bits per heavy atom. The van der Waals surface area contributed by atoms with Gasteiger partial charge in [0.1, 0.15) is 5.69 Å². The molecular weight excluding hydrogens is 396 g/mol. The van der Waals surface area contributed by atoms with Crippen molar-refractivity contribution in [1.82, 2.24) is 20.6 Å². The molecule has 2 aromatic carbocycles. The van der Waals surface area contributed by atoms with Crippen LogP contribution in [-0.4, -0.2) is 21.6 Å². The summed E-state index contributed by atoms with van der Waals surface area (Å²) in [6.07, 6.45) is 1.70. The molecule has 0 unspecified atom stereocenters. The molecule has 0 bridgehead atoms. The number of hydrazine groups is 1. The first kappa shape index (κ1) is 19.6. The number of amides is 2. The lowest BCUT2D eigenvalue weighted by Gasteiger charge is -2.07. The number of hydrogen-bond donors (Lipinski definition) is 2. The highest BCUT2D eigenvalue weighted by Crippen LogP contribution is 2.27. The smallest absolute Gasteiger partial charge is 0.267 e. The second kappa shape index (κ2) is 8.75. The van der Waals surface area contributed by atoms with Crippen molar-refractivity contribution in [1.29, 1.82) is 0 Å². The minimum Gasteiger partial charge on any atom is -0.267 e. The van der Waals surface area contributed by atoms with Gasteiger partial charge in [-0.05, 0) is 36.1 Å². The summed E-state index contributed by atoms with van der Waals surface area (Å²) in [5.74, 6) is -0.795. The Hall–Kier alpha value is -3.71. The molecular formula is C23H20N4O2S. The highest BCUT2D eigenvalue weighted by atomic mass is 32.1. The average molecular weight is 417 g/mol. The number of aromatic nitrogens is 2. The van der Waals surface area contributed by atoms with Crippen molar-refractivity contribution in [2.24, 2.45) is 0 Å². The molecule has 2 amide bonds. The van der Waals surface area contributed by atoms with E-state index in [1.807, 2.05) is 66.9 Å². The number of rotatable bonds is 5. The molecule has 2 heterocycles. The maximum Gasteiger partial charge on any atom is 0.273 e. The lowest BCUT2D eigenvalue weighted by atomic mass is 10.1. The summed E-state index contributed by atoms with van der Waals surface area (Å²) >= 11 is 1.51. The molecule has 7 heteroatoms. The van der Waals surface area contributed by atoms with Crippen LogP contribution < -0.4 is 10.9 Å². The second-order valence-corrected chi connectivity index (χ2v) is 7.77. The van der Waals surface area contributed by atoms with Crippen LogP contribution in [0, 0.1) is 6.92 Å². The van der Waals surface area contributed by atoms with Gasteiger partial charge in [0.15, 0.2) is 0 Å². The van der Waals surface area contributed by atoms with E-state index in [4.69, 9.17) is 0 Å². The Kier molecular flexibility index (Phi) is 5.72. The van der Waals surface area contributed by atoms with E-state index in [-0.39, 0.29) is 5.91 Å². The van der Waals surface area contributed by atoms with E-state index in [9.17, 15) is 9.59 Å². The highest BCUT2D eigenvalue weighted by Gasteiger charge is 2.19. The van der Waals surface area contributed by atoms with E-state index in [0.717, 1.165) is 16.0 Å². The normalized spacial score (nSPS) is 10.6. The highest BCUT2D eigenvalue weighted by molar-refractivity contribution is 7.13. The Labute approximate surface area is 178 Å². The summed E-state index contributed by atoms with van der Waals surface area (Å²) in [7, 11) is 0. The fourth-order valence-electron chi connectivity index (χ4n) is 2.99. The molecule has 30 heavy (non-hydrogen) atoms. The molecule has 0 atom stereocenters. The number of benzene rings is 2. The third-order valence-corrected chi connectivity index (χ3v) is 5.43. The third kappa shape index (κ3) is 4.47. The van der Waals surface area contributed by atoms with Crippen LogP contribution in [0.5, 0.6) is 0 Å². The van der Waals surface area contributed by atoms with E-state index in [1.165, 1.54) is 11.3 Å². The fourth-order valence-corrected chi connectivity index (χ4v) is 3.72. The van der Waals surface area contributed by atoms with Crippen molar-refractivity contribution in [3.63, 3.8) is 0 Å². The van der Waals surface area contributed by atoms with E-state index in [2.05, 4.69) is 16.0 Å². The van der Waals surface area contributed by atoms with Crippen molar-refractivity contribution in [3.05, 3.63) is 101 Å². The Balaban J connectivity index is 1.53. The lowest BCUT2D eigenvalue weighted by molar-refractivity contribution is 0.0847. The summed E-state index contributed by atoms with van der Waals surface area (Å²) in [6.45, 7) is 2.49. The molecule has 150 valence electrons. The number of hydrogen-bond acceptors (Lipinski definition) is 4. The van der Waals surface area contributed by atoms with Gasteiger partial charge in [-0.25, -0.2) is 0 Å². The molecule has 4 aromatic rings. The van der Waals surface area contributed by atoms with Gasteiger partial charge in [0.05, 0.1) is 17.0 Å². The monoisotopic (exact) mass is 416 g/mol. The number of carbonyl (C=O) groups is 2. The summed E-state index contributed by atoms with van der Waals surface area (Å²) < 4.78 is 1.74. The van der Waals surface area contributed by atoms with Crippen molar-refractivity contribution in [2.45, 2.75) is 13.5 Å². The molecule has 2 N–H and O–H groups in total. The maximum absolute atomic E-state index is 12.8. The first-order valence-corrected chi connectivity index (χ1v) is 10.3. The van der Waals surface area contributed by atoms with E-state index in [1.54, 1.807) is 23.0 Å². The van der Waals surface area contributed by atoms with Gasteiger partial charge in [0.2, 0.25) is 0 Å². The number of nitrogens with one attached hydrogen (secondary N) is 2. The molecule has 2 aromatic heterocycles. The van der Waals surface area contributed by atoms with Crippen LogP contribution in [0.1, 0.15) is 31.8 Å². The van der Waals surface area contributed by atoms with E-state index >= 15 is 0 Å². The molecule has 0 aliphatic heterocycles. The molecule has 0 saturated carbocycles. The molecule has 0 aliphatic rings. The van der Waals surface area contributed by atoms with Gasteiger partial charge in [-0.1, -0.05) is 54.1 Å². The summed E-state index contributed by atoms with van der Waals surface area (Å²) in [6, 6.07) is 20.9. The van der Waals surface area contributed by atoms with Crippen molar-refractivity contribution < 1.29 is 9.59 Å². The fraction of sp³-hybridized carbons (Fsp3) is 0.0870. The summed E-state index contributed by atoms with van der Waals surface area (Å²) in [5, 5.41) is 6.55. The van der Waals surface area contributed by atoms with Crippen LogP contribution in [0.2, 0.25) is 0 Å². The molecule has 4 rings (SSSR count). The number of carbonyl (C=O) groups excluding carboxylic acids is 2. The lowest BCUT2D eigenvalue weighted by Crippen LogP contribution is -2.41. The second-order valence-electron chi connectivity index (χ2n) is 6.83. The van der Waals surface area contributed by atoms with Gasteiger partial charge >= 0.3 is 0 Å². The quantitative estimate of drug-likeness (QED) is 0.482. The molecule has 0 spiro atoms. The summed E-state index contributed by atoms with van der Waals surface area (Å²) in [4.78, 5) is 26.0. The van der Waals surface area contributed by atoms with Gasteiger partial charge in [0.25, 0.3) is 11.8 Å². The van der Waals surface area contributed by atoms with Crippen LogP contribution in [0.3, 0.4) is 0 Å². The van der Waals surface area contributed by atoms with Crippen molar-refractivity contribution >= 4 is 23.2 Å². The molecule has 6 nitrogen and oxygen atoms in total. The van der Waals surface area contributed by atoms with Crippen LogP contribution >= 0.6 is 11.3 Å². The van der Waals surface area contributed by atoms with Crippen LogP contribution in [0.15, 0.2) is 78.3 Å². The van der Waals surface area contributed by atoms with Crippen molar-refractivity contribution in [3.8, 4) is 10.6 Å². The van der Waals surface area contributed by atoms with Crippen molar-refractivity contribution in [2.75, 3.05) is 0 Å². The van der Waals surface area contributed by atoms with Gasteiger partial charge in [0, 0.05) is 11.8 Å². The third-order valence-electron chi connectivity index (χ3n) is 4.55. The van der Waals surface area contributed by atoms with Crippen LogP contribution in [-0.2, 0) is 6.54 Å². The zero-order chi connectivity index (χ0) is 20.9. The topological polar surface area (TPSA) is 76.0 Å². The molecule has 0 aliphatic carbocycles. The minimum atomic E-state index is -0.418. The number of nitrogens with zero attached hydrogens (tertiary/aromatic N) is 2. The Bertz CT molecular complexity index is 1150. The first-order valence-electron chi connectivity index (χ1n) is 9.43. The maximum atomic E-state index is 12.8. The zero-order valence-electron chi connectivity index (χ0n) is 16.3. The largest absolute Gasteiger partial charge is 0.273 e. The first-order chi connectivity index (χ1) is 14.6. The van der Waals surface area contributed by atoms with Gasteiger partial charge < -0.3 is 0 Å². The molecule has 0 saturated heterocycles. The molecule has 0 fully saturated rings. The van der Waals surface area contributed by atoms with Crippen LogP contribution in [0.25, 0.3) is 10.6 Å². The standard InChI is InChI=1S/C23H20N4O2S/c1-16-9-11-18(12-10-16)22(28)24-25-23(29)19-15-27(14-17-6-3-2-4-7-17)26-21(19)20-8-5-13-30-20/h2-13,15H,14H2,1H3,(H,24,28)(H,25,29). The Morgan fingerprint density at radius 1 is 0.933 bits per heavy atom. The zero-order valence-corrected chi connectivity index (χ0v) is 17.1. The van der Waals surface area contributed by atoms with Gasteiger partial charge in [-0.2, -0.15) is 5.10 Å². The predicted octanol–water partition coefficient (Wildman–Crippen LogP) is 4.04. The predicted molar refractivity (Wildman–Crippen MR) is 117 cm³/mol. The van der Waals surface area contributed by atoms with E-state index < -0.39 is 5.91 Å². The van der Waals surface area contributed by atoms with Gasteiger partial charge in [-0.15, -0.1) is 11.3 Å². The minimum absolute atomic E-state index is 0.377. The van der Waals surface area contributed by atoms with E-state index in [0.29, 0.717) is 23.4 Å². The average Bonchev–Trinajstić information content (AvgIpc) is 3.43. The van der Waals surface area contributed by atoms with Gasteiger partial charge in [-0.3, -0.25) is 25.1 Å².